The molecule has 1 aromatic carbocycles. The summed E-state index contributed by atoms with van der Waals surface area (Å²) in [6, 6.07) is 12.0. The predicted octanol–water partition coefficient (Wildman–Crippen LogP) is 3.85. The average molecular weight is 274 g/mol. The fraction of sp³-hybridized carbons (Fsp3) is 0.667. The van der Waals surface area contributed by atoms with Gasteiger partial charge in [-0.25, -0.2) is 0 Å². The second kappa shape index (κ2) is 7.80. The van der Waals surface area contributed by atoms with Crippen LogP contribution >= 0.6 is 0 Å². The number of benzene rings is 1. The zero-order chi connectivity index (χ0) is 14.4. The Labute approximate surface area is 124 Å². The van der Waals surface area contributed by atoms with Gasteiger partial charge in [-0.3, -0.25) is 4.90 Å². The minimum absolute atomic E-state index is 0.439. The van der Waals surface area contributed by atoms with E-state index in [9.17, 15) is 0 Å². The molecule has 0 bridgehead atoms. The summed E-state index contributed by atoms with van der Waals surface area (Å²) in [7, 11) is 2.10. The molecule has 2 rings (SSSR count). The Bertz CT molecular complexity index is 376. The molecule has 1 aromatic rings. The minimum Gasteiger partial charge on any atom is -0.312 e. The van der Waals surface area contributed by atoms with E-state index in [1.54, 1.807) is 0 Å². The van der Waals surface area contributed by atoms with Crippen LogP contribution in [0.2, 0.25) is 0 Å². The maximum absolute atomic E-state index is 3.56. The SMILES string of the molecule is CCC(C(NC)c1ccccc1)N1CCCC(C)CC1. The largest absolute Gasteiger partial charge is 0.312 e. The second-order valence-corrected chi connectivity index (χ2v) is 6.22. The first-order chi connectivity index (χ1) is 9.76. The fourth-order valence-corrected chi connectivity index (χ4v) is 3.56. The molecule has 0 aliphatic carbocycles. The highest BCUT2D eigenvalue weighted by molar-refractivity contribution is 5.20. The zero-order valence-corrected chi connectivity index (χ0v) is 13.3. The van der Waals surface area contributed by atoms with Gasteiger partial charge in [0, 0.05) is 12.1 Å². The van der Waals surface area contributed by atoms with Crippen LogP contribution in [0, 0.1) is 5.92 Å². The molecule has 0 saturated carbocycles. The van der Waals surface area contributed by atoms with E-state index in [0.29, 0.717) is 12.1 Å². The van der Waals surface area contributed by atoms with Crippen molar-refractivity contribution in [1.29, 1.82) is 0 Å². The average Bonchev–Trinajstić information content (AvgIpc) is 2.70. The molecule has 20 heavy (non-hydrogen) atoms. The third-order valence-electron chi connectivity index (χ3n) is 4.79. The lowest BCUT2D eigenvalue weighted by atomic mass is 9.95. The van der Waals surface area contributed by atoms with Crippen LogP contribution in [0.3, 0.4) is 0 Å². The second-order valence-electron chi connectivity index (χ2n) is 6.22. The van der Waals surface area contributed by atoms with Crippen LogP contribution in [0.1, 0.15) is 51.1 Å². The van der Waals surface area contributed by atoms with E-state index in [1.165, 1.54) is 44.3 Å². The van der Waals surface area contributed by atoms with Crippen LogP contribution < -0.4 is 5.32 Å². The van der Waals surface area contributed by atoms with Crippen molar-refractivity contribution in [2.45, 2.75) is 51.6 Å². The quantitative estimate of drug-likeness (QED) is 0.877. The summed E-state index contributed by atoms with van der Waals surface area (Å²) in [6.07, 6.45) is 5.29. The molecule has 1 N–H and O–H groups in total. The van der Waals surface area contributed by atoms with Gasteiger partial charge in [-0.05, 0) is 57.3 Å². The summed E-state index contributed by atoms with van der Waals surface area (Å²) in [4.78, 5) is 2.72. The number of likely N-dealkylation sites (N-methyl/N-ethyl adjacent to an activating group) is 1. The van der Waals surface area contributed by atoms with Gasteiger partial charge in [0.2, 0.25) is 0 Å². The lowest BCUT2D eigenvalue weighted by Gasteiger charge is -2.36. The molecule has 112 valence electrons. The van der Waals surface area contributed by atoms with Crippen LogP contribution in [0.4, 0.5) is 0 Å². The Morgan fingerprint density at radius 3 is 2.60 bits per heavy atom. The van der Waals surface area contributed by atoms with Gasteiger partial charge in [0.25, 0.3) is 0 Å². The molecule has 2 nitrogen and oxygen atoms in total. The molecule has 2 heteroatoms. The first kappa shape index (κ1) is 15.5. The molecule has 1 aliphatic heterocycles. The summed E-state index contributed by atoms with van der Waals surface area (Å²) in [6.45, 7) is 7.24. The Morgan fingerprint density at radius 2 is 1.95 bits per heavy atom. The molecule has 1 aliphatic rings. The van der Waals surface area contributed by atoms with Crippen LogP contribution in [-0.2, 0) is 0 Å². The molecule has 3 unspecified atom stereocenters. The molecule has 1 fully saturated rings. The number of nitrogens with zero attached hydrogens (tertiary/aromatic N) is 1. The van der Waals surface area contributed by atoms with Gasteiger partial charge in [-0.1, -0.05) is 44.2 Å². The highest BCUT2D eigenvalue weighted by atomic mass is 15.2. The topological polar surface area (TPSA) is 15.3 Å². The lowest BCUT2D eigenvalue weighted by molar-refractivity contribution is 0.158. The monoisotopic (exact) mass is 274 g/mol. The van der Waals surface area contributed by atoms with E-state index in [4.69, 9.17) is 0 Å². The molecule has 0 amide bonds. The lowest BCUT2D eigenvalue weighted by Crippen LogP contribution is -2.44. The van der Waals surface area contributed by atoms with Crippen molar-refractivity contribution >= 4 is 0 Å². The summed E-state index contributed by atoms with van der Waals surface area (Å²) in [5.41, 5.74) is 1.42. The minimum atomic E-state index is 0.439. The number of nitrogens with one attached hydrogen (secondary N) is 1. The third kappa shape index (κ3) is 3.83. The van der Waals surface area contributed by atoms with E-state index < -0.39 is 0 Å². The molecule has 1 saturated heterocycles. The maximum Gasteiger partial charge on any atom is 0.0475 e. The van der Waals surface area contributed by atoms with Crippen molar-refractivity contribution in [1.82, 2.24) is 10.2 Å². The summed E-state index contributed by atoms with van der Waals surface area (Å²) in [5.74, 6) is 0.891. The van der Waals surface area contributed by atoms with Gasteiger partial charge in [0.05, 0.1) is 0 Å². The Morgan fingerprint density at radius 1 is 1.20 bits per heavy atom. The van der Waals surface area contributed by atoms with Gasteiger partial charge < -0.3 is 5.32 Å². The van der Waals surface area contributed by atoms with Crippen LogP contribution in [-0.4, -0.2) is 31.1 Å². The fourth-order valence-electron chi connectivity index (χ4n) is 3.56. The standard InChI is InChI=1S/C18H30N2/c1-4-17(20-13-8-9-15(2)12-14-20)18(19-3)16-10-6-5-7-11-16/h5-7,10-11,15,17-19H,4,8-9,12-14H2,1-3H3. The Hall–Kier alpha value is -0.860. The van der Waals surface area contributed by atoms with E-state index in [0.717, 1.165) is 5.92 Å². The Kier molecular flexibility index (Phi) is 6.06. The van der Waals surface area contributed by atoms with Gasteiger partial charge in [-0.2, -0.15) is 0 Å². The van der Waals surface area contributed by atoms with Crippen molar-refractivity contribution in [2.75, 3.05) is 20.1 Å². The van der Waals surface area contributed by atoms with Gasteiger partial charge in [0.1, 0.15) is 0 Å². The van der Waals surface area contributed by atoms with E-state index >= 15 is 0 Å². The Balaban J connectivity index is 2.12. The van der Waals surface area contributed by atoms with E-state index in [-0.39, 0.29) is 0 Å². The first-order valence-electron chi connectivity index (χ1n) is 8.22. The summed E-state index contributed by atoms with van der Waals surface area (Å²) >= 11 is 0. The molecule has 0 spiro atoms. The molecular weight excluding hydrogens is 244 g/mol. The first-order valence-corrected chi connectivity index (χ1v) is 8.22. The number of hydrogen-bond acceptors (Lipinski definition) is 2. The van der Waals surface area contributed by atoms with Gasteiger partial charge in [0.15, 0.2) is 0 Å². The number of rotatable bonds is 5. The highest BCUT2D eigenvalue weighted by Gasteiger charge is 2.27. The summed E-state index contributed by atoms with van der Waals surface area (Å²) < 4.78 is 0. The smallest absolute Gasteiger partial charge is 0.0475 e. The van der Waals surface area contributed by atoms with Gasteiger partial charge >= 0.3 is 0 Å². The molecule has 1 heterocycles. The van der Waals surface area contributed by atoms with Crippen molar-refractivity contribution in [3.05, 3.63) is 35.9 Å². The van der Waals surface area contributed by atoms with Crippen LogP contribution in [0.25, 0.3) is 0 Å². The van der Waals surface area contributed by atoms with Crippen molar-refractivity contribution in [2.24, 2.45) is 5.92 Å². The molecular formula is C18H30N2. The maximum atomic E-state index is 3.56. The van der Waals surface area contributed by atoms with Crippen LogP contribution in [0.5, 0.6) is 0 Å². The summed E-state index contributed by atoms with van der Waals surface area (Å²) in [5, 5.41) is 3.56. The van der Waals surface area contributed by atoms with Crippen molar-refractivity contribution in [3.8, 4) is 0 Å². The van der Waals surface area contributed by atoms with Crippen LogP contribution in [0.15, 0.2) is 30.3 Å². The predicted molar refractivity (Wildman–Crippen MR) is 86.9 cm³/mol. The third-order valence-corrected chi connectivity index (χ3v) is 4.79. The van der Waals surface area contributed by atoms with E-state index in [2.05, 4.69) is 61.4 Å². The van der Waals surface area contributed by atoms with Gasteiger partial charge in [-0.15, -0.1) is 0 Å². The highest BCUT2D eigenvalue weighted by Crippen LogP contribution is 2.26. The number of hydrogen-bond donors (Lipinski definition) is 1. The van der Waals surface area contributed by atoms with Crippen molar-refractivity contribution in [3.63, 3.8) is 0 Å². The molecule has 0 radical (unpaired) electrons. The van der Waals surface area contributed by atoms with E-state index in [1.807, 2.05) is 0 Å². The normalized spacial score (nSPS) is 24.1. The molecule has 0 aromatic heterocycles. The number of likely N-dealkylation sites (tertiary alicyclic amines) is 1. The zero-order valence-electron chi connectivity index (χ0n) is 13.3. The molecule has 3 atom stereocenters. The van der Waals surface area contributed by atoms with Crippen molar-refractivity contribution < 1.29 is 0 Å².